The zero-order valence-corrected chi connectivity index (χ0v) is 15.7. The average molecular weight is 370 g/mol. The molecule has 1 aromatic heterocycles. The molecule has 0 aliphatic carbocycles. The number of nitrogens with zero attached hydrogens (tertiary/aromatic N) is 2. The summed E-state index contributed by atoms with van der Waals surface area (Å²) in [5.41, 5.74) is 3.01. The van der Waals surface area contributed by atoms with Crippen LogP contribution in [0.2, 0.25) is 0 Å². The van der Waals surface area contributed by atoms with Crippen LogP contribution in [0.25, 0.3) is 22.7 Å². The van der Waals surface area contributed by atoms with Gasteiger partial charge in [-0.3, -0.25) is 0 Å². The molecule has 2 aromatic carbocycles. The standard InChI is InChI=1S/C20H22N2O5/c1-22(2)14-7-5-12(6-8-14)18-17(11-23)27-20(21-18)13-9-15(25-3)19(24)16(10-13)26-4/h5-10,23-24H,11H2,1-4H3. The third-order valence-corrected chi connectivity index (χ3v) is 4.22. The van der Waals surface area contributed by atoms with Gasteiger partial charge >= 0.3 is 0 Å². The molecule has 0 radical (unpaired) electrons. The van der Waals surface area contributed by atoms with Gasteiger partial charge in [-0.15, -0.1) is 0 Å². The summed E-state index contributed by atoms with van der Waals surface area (Å²) in [5, 5.41) is 19.8. The van der Waals surface area contributed by atoms with Gasteiger partial charge in [-0.2, -0.15) is 0 Å². The lowest BCUT2D eigenvalue weighted by molar-refractivity contribution is 0.249. The molecule has 2 N–H and O–H groups in total. The first-order chi connectivity index (χ1) is 13.0. The van der Waals surface area contributed by atoms with Crippen molar-refractivity contribution < 1.29 is 24.1 Å². The number of phenols is 1. The van der Waals surface area contributed by atoms with Crippen LogP contribution >= 0.6 is 0 Å². The van der Waals surface area contributed by atoms with E-state index in [4.69, 9.17) is 13.9 Å². The largest absolute Gasteiger partial charge is 0.502 e. The summed E-state index contributed by atoms with van der Waals surface area (Å²) in [6.07, 6.45) is 0. The first-order valence-corrected chi connectivity index (χ1v) is 8.32. The molecule has 3 aromatic rings. The SMILES string of the molecule is COc1cc(-c2nc(-c3ccc(N(C)C)cc3)c(CO)o2)cc(OC)c1O. The van der Waals surface area contributed by atoms with Gasteiger partial charge in [-0.05, 0) is 24.3 Å². The van der Waals surface area contributed by atoms with Crippen LogP contribution in [0.5, 0.6) is 17.2 Å². The Morgan fingerprint density at radius 2 is 1.59 bits per heavy atom. The molecule has 0 aliphatic heterocycles. The molecular weight excluding hydrogens is 348 g/mol. The zero-order valence-electron chi connectivity index (χ0n) is 15.7. The molecule has 7 heteroatoms. The fourth-order valence-corrected chi connectivity index (χ4v) is 2.74. The molecule has 27 heavy (non-hydrogen) atoms. The highest BCUT2D eigenvalue weighted by molar-refractivity contribution is 5.70. The summed E-state index contributed by atoms with van der Waals surface area (Å²) >= 11 is 0. The van der Waals surface area contributed by atoms with Gasteiger partial charge in [0.2, 0.25) is 11.6 Å². The van der Waals surface area contributed by atoms with E-state index in [-0.39, 0.29) is 23.9 Å². The van der Waals surface area contributed by atoms with E-state index < -0.39 is 0 Å². The van der Waals surface area contributed by atoms with Crippen molar-refractivity contribution in [1.29, 1.82) is 0 Å². The van der Waals surface area contributed by atoms with Crippen molar-refractivity contribution in [2.75, 3.05) is 33.2 Å². The molecule has 0 bridgehead atoms. The molecule has 0 saturated carbocycles. The van der Waals surface area contributed by atoms with Crippen LogP contribution in [0, 0.1) is 0 Å². The zero-order chi connectivity index (χ0) is 19.6. The number of aromatic hydroxyl groups is 1. The monoisotopic (exact) mass is 370 g/mol. The number of hydrogen-bond acceptors (Lipinski definition) is 7. The van der Waals surface area contributed by atoms with E-state index in [2.05, 4.69) is 4.98 Å². The van der Waals surface area contributed by atoms with Crippen molar-refractivity contribution >= 4 is 5.69 Å². The van der Waals surface area contributed by atoms with E-state index in [9.17, 15) is 10.2 Å². The Kier molecular flexibility index (Phi) is 5.23. The van der Waals surface area contributed by atoms with Gasteiger partial charge in [0, 0.05) is 30.9 Å². The van der Waals surface area contributed by atoms with E-state index in [0.717, 1.165) is 11.3 Å². The minimum Gasteiger partial charge on any atom is -0.502 e. The van der Waals surface area contributed by atoms with Crippen LogP contribution in [-0.4, -0.2) is 43.5 Å². The molecule has 0 unspecified atom stereocenters. The number of rotatable bonds is 6. The van der Waals surface area contributed by atoms with E-state index in [0.29, 0.717) is 22.9 Å². The second-order valence-electron chi connectivity index (χ2n) is 6.12. The number of aromatic nitrogens is 1. The summed E-state index contributed by atoms with van der Waals surface area (Å²) in [4.78, 5) is 6.54. The highest BCUT2D eigenvalue weighted by Crippen LogP contribution is 2.41. The van der Waals surface area contributed by atoms with E-state index in [1.54, 1.807) is 12.1 Å². The van der Waals surface area contributed by atoms with Crippen molar-refractivity contribution in [1.82, 2.24) is 4.98 Å². The number of oxazole rings is 1. The quantitative estimate of drug-likeness (QED) is 0.688. The first-order valence-electron chi connectivity index (χ1n) is 8.32. The minimum absolute atomic E-state index is 0.0998. The molecule has 3 rings (SSSR count). The Balaban J connectivity index is 2.07. The number of methoxy groups -OCH3 is 2. The van der Waals surface area contributed by atoms with Crippen molar-refractivity contribution in [2.24, 2.45) is 0 Å². The van der Waals surface area contributed by atoms with Gasteiger partial charge in [-0.25, -0.2) is 4.98 Å². The highest BCUT2D eigenvalue weighted by Gasteiger charge is 2.19. The van der Waals surface area contributed by atoms with Gasteiger partial charge < -0.3 is 29.0 Å². The molecule has 142 valence electrons. The number of anilines is 1. The Hall–Kier alpha value is -3.19. The highest BCUT2D eigenvalue weighted by atomic mass is 16.5. The number of benzene rings is 2. The Morgan fingerprint density at radius 3 is 2.07 bits per heavy atom. The molecule has 7 nitrogen and oxygen atoms in total. The van der Waals surface area contributed by atoms with Gasteiger partial charge in [0.15, 0.2) is 17.3 Å². The topological polar surface area (TPSA) is 88.2 Å². The van der Waals surface area contributed by atoms with Crippen LogP contribution in [0.15, 0.2) is 40.8 Å². The van der Waals surface area contributed by atoms with E-state index in [1.807, 2.05) is 43.3 Å². The molecule has 1 heterocycles. The van der Waals surface area contributed by atoms with Crippen molar-refractivity contribution in [3.05, 3.63) is 42.2 Å². The Labute approximate surface area is 157 Å². The van der Waals surface area contributed by atoms with E-state index >= 15 is 0 Å². The van der Waals surface area contributed by atoms with Crippen molar-refractivity contribution in [3.8, 4) is 40.0 Å². The fourth-order valence-electron chi connectivity index (χ4n) is 2.74. The lowest BCUT2D eigenvalue weighted by Gasteiger charge is -2.12. The van der Waals surface area contributed by atoms with Crippen LogP contribution < -0.4 is 14.4 Å². The third-order valence-electron chi connectivity index (χ3n) is 4.22. The first kappa shape index (κ1) is 18.6. The van der Waals surface area contributed by atoms with Crippen LogP contribution in [0.1, 0.15) is 5.76 Å². The third kappa shape index (κ3) is 3.54. The molecule has 0 spiro atoms. The van der Waals surface area contributed by atoms with Crippen LogP contribution in [-0.2, 0) is 6.61 Å². The van der Waals surface area contributed by atoms with Crippen molar-refractivity contribution in [2.45, 2.75) is 6.61 Å². The molecule has 0 aliphatic rings. The molecular formula is C20H22N2O5. The summed E-state index contributed by atoms with van der Waals surface area (Å²) in [6, 6.07) is 11.0. The van der Waals surface area contributed by atoms with Crippen molar-refractivity contribution in [3.63, 3.8) is 0 Å². The molecule has 0 saturated heterocycles. The summed E-state index contributed by atoms with van der Waals surface area (Å²) in [7, 11) is 6.83. The van der Waals surface area contributed by atoms with Crippen LogP contribution in [0.3, 0.4) is 0 Å². The summed E-state index contributed by atoms with van der Waals surface area (Å²) in [5.74, 6) is 1.03. The normalized spacial score (nSPS) is 10.7. The Morgan fingerprint density at radius 1 is 1.00 bits per heavy atom. The molecule has 0 fully saturated rings. The lowest BCUT2D eigenvalue weighted by Crippen LogP contribution is -2.07. The van der Waals surface area contributed by atoms with Gasteiger partial charge in [0.25, 0.3) is 0 Å². The Bertz CT molecular complexity index is 907. The number of aliphatic hydroxyl groups excluding tert-OH is 1. The predicted octanol–water partition coefficient (Wildman–Crippen LogP) is 3.29. The summed E-state index contributed by atoms with van der Waals surface area (Å²) in [6.45, 7) is -0.288. The predicted molar refractivity (Wildman–Crippen MR) is 102 cm³/mol. The van der Waals surface area contributed by atoms with Crippen LogP contribution in [0.4, 0.5) is 5.69 Å². The number of aliphatic hydroxyl groups is 1. The fraction of sp³-hybridized carbons (Fsp3) is 0.250. The molecule has 0 amide bonds. The molecule has 0 atom stereocenters. The van der Waals surface area contributed by atoms with Gasteiger partial charge in [-0.1, -0.05) is 12.1 Å². The maximum absolute atomic E-state index is 10.1. The minimum atomic E-state index is -0.288. The van der Waals surface area contributed by atoms with E-state index in [1.165, 1.54) is 14.2 Å². The smallest absolute Gasteiger partial charge is 0.227 e. The lowest BCUT2D eigenvalue weighted by atomic mass is 10.1. The maximum Gasteiger partial charge on any atom is 0.227 e. The number of hydrogen-bond donors (Lipinski definition) is 2. The summed E-state index contributed by atoms with van der Waals surface area (Å²) < 4.78 is 16.1. The number of phenolic OH excluding ortho intramolecular Hbond substituents is 1. The second kappa shape index (κ2) is 7.59. The van der Waals surface area contributed by atoms with Gasteiger partial charge in [0.05, 0.1) is 14.2 Å². The maximum atomic E-state index is 10.1. The number of ether oxygens (including phenoxy) is 2. The second-order valence-corrected chi connectivity index (χ2v) is 6.12. The van der Waals surface area contributed by atoms with Gasteiger partial charge in [0.1, 0.15) is 12.3 Å². The average Bonchev–Trinajstić information content (AvgIpc) is 3.12.